The monoisotopic (exact) mass is 188 g/mol. The van der Waals surface area contributed by atoms with E-state index in [1.165, 1.54) is 0 Å². The van der Waals surface area contributed by atoms with Crippen molar-refractivity contribution in [3.05, 3.63) is 41.0 Å². The van der Waals surface area contributed by atoms with Crippen LogP contribution in [0.1, 0.15) is 33.2 Å². The summed E-state index contributed by atoms with van der Waals surface area (Å²) in [5.41, 5.74) is 1.59. The molecule has 1 aromatic carbocycles. The number of fused-ring (bicyclic) bond motifs is 1. The minimum Gasteiger partial charge on any atom is -0.386 e. The molecule has 0 saturated heterocycles. The highest BCUT2D eigenvalue weighted by molar-refractivity contribution is 6.14. The number of hydrogen-bond acceptors (Lipinski definition) is 3. The van der Waals surface area contributed by atoms with Gasteiger partial charge >= 0.3 is 11.9 Å². The van der Waals surface area contributed by atoms with Crippen molar-refractivity contribution >= 4 is 18.0 Å². The average molecular weight is 188 g/mol. The molecule has 3 heteroatoms. The molecule has 3 nitrogen and oxygen atoms in total. The molecule has 0 unspecified atom stereocenters. The maximum absolute atomic E-state index is 11.2. The van der Waals surface area contributed by atoms with Crippen molar-refractivity contribution in [2.45, 2.75) is 6.92 Å². The first kappa shape index (κ1) is 8.69. The number of hydrogen-bond donors (Lipinski definition) is 0. The van der Waals surface area contributed by atoms with Crippen molar-refractivity contribution in [1.82, 2.24) is 0 Å². The summed E-state index contributed by atoms with van der Waals surface area (Å²) < 4.78 is 4.46. The van der Waals surface area contributed by atoms with Crippen LogP contribution in [0.25, 0.3) is 6.08 Å². The third-order valence-corrected chi connectivity index (χ3v) is 2.03. The van der Waals surface area contributed by atoms with Gasteiger partial charge in [-0.2, -0.15) is 0 Å². The van der Waals surface area contributed by atoms with Crippen molar-refractivity contribution in [2.24, 2.45) is 0 Å². The largest absolute Gasteiger partial charge is 0.386 e. The van der Waals surface area contributed by atoms with Gasteiger partial charge in [0.15, 0.2) is 0 Å². The smallest absolute Gasteiger partial charge is 0.346 e. The highest BCUT2D eigenvalue weighted by atomic mass is 16.6. The van der Waals surface area contributed by atoms with Crippen molar-refractivity contribution < 1.29 is 14.3 Å². The van der Waals surface area contributed by atoms with Gasteiger partial charge in [-0.25, -0.2) is 9.59 Å². The number of allylic oxidation sites excluding steroid dienone is 1. The zero-order valence-electron chi connectivity index (χ0n) is 7.61. The number of carbonyl (C=O) groups excluding carboxylic acids is 2. The lowest BCUT2D eigenvalue weighted by atomic mass is 10.1. The first-order valence-corrected chi connectivity index (χ1v) is 4.25. The molecule has 1 aliphatic rings. The molecule has 0 aliphatic carbocycles. The van der Waals surface area contributed by atoms with Crippen molar-refractivity contribution in [1.29, 1.82) is 0 Å². The molecule has 70 valence electrons. The number of carbonyl (C=O) groups is 2. The van der Waals surface area contributed by atoms with Crippen LogP contribution in [0.4, 0.5) is 0 Å². The predicted molar refractivity (Wildman–Crippen MR) is 50.9 cm³/mol. The van der Waals surface area contributed by atoms with E-state index in [-0.39, 0.29) is 0 Å². The van der Waals surface area contributed by atoms with E-state index in [0.717, 1.165) is 5.56 Å². The second kappa shape index (κ2) is 3.10. The van der Waals surface area contributed by atoms with Gasteiger partial charge in [-0.3, -0.25) is 0 Å². The fourth-order valence-electron chi connectivity index (χ4n) is 1.40. The number of ether oxygens (including phenoxy) is 1. The second-order valence-electron chi connectivity index (χ2n) is 2.98. The van der Waals surface area contributed by atoms with Crippen LogP contribution in [0.15, 0.2) is 24.3 Å². The van der Waals surface area contributed by atoms with E-state index in [0.29, 0.717) is 11.1 Å². The van der Waals surface area contributed by atoms with Gasteiger partial charge in [0.25, 0.3) is 0 Å². The van der Waals surface area contributed by atoms with Crippen LogP contribution in [0.2, 0.25) is 0 Å². The molecule has 0 bridgehead atoms. The van der Waals surface area contributed by atoms with Crippen LogP contribution < -0.4 is 0 Å². The van der Waals surface area contributed by atoms with Gasteiger partial charge in [0, 0.05) is 0 Å². The van der Waals surface area contributed by atoms with Gasteiger partial charge < -0.3 is 4.74 Å². The predicted octanol–water partition coefficient (Wildman–Crippen LogP) is 2.03. The minimum absolute atomic E-state index is 0.350. The summed E-state index contributed by atoms with van der Waals surface area (Å²) in [5, 5.41) is 0. The SMILES string of the molecule is CC=Cc1ccc2c(c1)C(=O)OC2=O. The summed E-state index contributed by atoms with van der Waals surface area (Å²) in [7, 11) is 0. The minimum atomic E-state index is -0.559. The Morgan fingerprint density at radius 1 is 1.14 bits per heavy atom. The maximum Gasteiger partial charge on any atom is 0.346 e. The Morgan fingerprint density at radius 2 is 1.86 bits per heavy atom. The van der Waals surface area contributed by atoms with Crippen LogP contribution in [-0.2, 0) is 4.74 Å². The molecule has 0 saturated carbocycles. The van der Waals surface area contributed by atoms with Crippen LogP contribution >= 0.6 is 0 Å². The molecule has 0 spiro atoms. The Kier molecular flexibility index (Phi) is 1.93. The third-order valence-electron chi connectivity index (χ3n) is 2.03. The summed E-state index contributed by atoms with van der Waals surface area (Å²) >= 11 is 0. The lowest BCUT2D eigenvalue weighted by molar-refractivity contribution is 0.0444. The zero-order chi connectivity index (χ0) is 10.1. The molecule has 2 rings (SSSR count). The molecule has 0 fully saturated rings. The van der Waals surface area contributed by atoms with Crippen molar-refractivity contribution in [2.75, 3.05) is 0 Å². The van der Waals surface area contributed by atoms with E-state index in [1.54, 1.807) is 18.2 Å². The Balaban J connectivity index is 2.55. The highest BCUT2D eigenvalue weighted by Gasteiger charge is 2.29. The van der Waals surface area contributed by atoms with Crippen molar-refractivity contribution in [3.63, 3.8) is 0 Å². The molecule has 14 heavy (non-hydrogen) atoms. The quantitative estimate of drug-likeness (QED) is 0.500. The topological polar surface area (TPSA) is 43.4 Å². The summed E-state index contributed by atoms with van der Waals surface area (Å²) in [6, 6.07) is 5.04. The number of benzene rings is 1. The van der Waals surface area contributed by atoms with Crippen LogP contribution in [0.3, 0.4) is 0 Å². The Labute approximate surface area is 81.0 Å². The van der Waals surface area contributed by atoms with Gasteiger partial charge in [-0.1, -0.05) is 18.2 Å². The molecule has 1 heterocycles. The summed E-state index contributed by atoms with van der Waals surface area (Å²) in [6.45, 7) is 1.89. The molecular weight excluding hydrogens is 180 g/mol. The number of esters is 2. The molecular formula is C11H8O3. The standard InChI is InChI=1S/C11H8O3/c1-2-3-7-4-5-8-9(6-7)11(13)14-10(8)12/h2-6H,1H3. The first-order chi connectivity index (χ1) is 6.72. The molecule has 0 aromatic heterocycles. The van der Waals surface area contributed by atoms with E-state index in [1.807, 2.05) is 19.1 Å². The Hall–Kier alpha value is -1.90. The second-order valence-corrected chi connectivity index (χ2v) is 2.98. The Bertz CT molecular complexity index is 444. The van der Waals surface area contributed by atoms with Gasteiger partial charge in [0.1, 0.15) is 0 Å². The van der Waals surface area contributed by atoms with E-state index >= 15 is 0 Å². The van der Waals surface area contributed by atoms with Gasteiger partial charge in [0.2, 0.25) is 0 Å². The van der Waals surface area contributed by atoms with E-state index < -0.39 is 11.9 Å². The third kappa shape index (κ3) is 1.23. The number of rotatable bonds is 1. The molecule has 1 aromatic rings. The van der Waals surface area contributed by atoms with Crippen LogP contribution in [-0.4, -0.2) is 11.9 Å². The Morgan fingerprint density at radius 3 is 2.57 bits per heavy atom. The molecule has 1 aliphatic heterocycles. The number of cyclic esters (lactones) is 2. The van der Waals surface area contributed by atoms with Gasteiger partial charge in [-0.05, 0) is 24.6 Å². The molecule has 0 N–H and O–H groups in total. The highest BCUT2D eigenvalue weighted by Crippen LogP contribution is 2.21. The van der Waals surface area contributed by atoms with Crippen molar-refractivity contribution in [3.8, 4) is 0 Å². The van der Waals surface area contributed by atoms with Gasteiger partial charge in [0.05, 0.1) is 11.1 Å². The molecule has 0 radical (unpaired) electrons. The lowest BCUT2D eigenvalue weighted by Gasteiger charge is -1.94. The molecule has 0 amide bonds. The van der Waals surface area contributed by atoms with E-state index in [9.17, 15) is 9.59 Å². The maximum atomic E-state index is 11.2. The fraction of sp³-hybridized carbons (Fsp3) is 0.0909. The normalized spacial score (nSPS) is 14.6. The first-order valence-electron chi connectivity index (χ1n) is 4.25. The fourth-order valence-corrected chi connectivity index (χ4v) is 1.40. The average Bonchev–Trinajstić information content (AvgIpc) is 2.43. The zero-order valence-corrected chi connectivity index (χ0v) is 7.61. The van der Waals surface area contributed by atoms with E-state index in [2.05, 4.69) is 4.74 Å². The lowest BCUT2D eigenvalue weighted by Crippen LogP contribution is -1.96. The summed E-state index contributed by atoms with van der Waals surface area (Å²) in [5.74, 6) is -1.12. The molecule has 0 atom stereocenters. The van der Waals surface area contributed by atoms with Crippen LogP contribution in [0.5, 0.6) is 0 Å². The van der Waals surface area contributed by atoms with Crippen LogP contribution in [0, 0.1) is 0 Å². The van der Waals surface area contributed by atoms with E-state index in [4.69, 9.17) is 0 Å². The summed E-state index contributed by atoms with van der Waals surface area (Å²) in [6.07, 6.45) is 3.72. The summed E-state index contributed by atoms with van der Waals surface area (Å²) in [4.78, 5) is 22.2. The van der Waals surface area contributed by atoms with Gasteiger partial charge in [-0.15, -0.1) is 0 Å².